The SMILES string of the molecule is CCCNC(=O)c1ccc(-c2nc3cc(NS(=O)(=O)c4cccc(C#N)c4)ccc3n2C)cc1. The summed E-state index contributed by atoms with van der Waals surface area (Å²) in [6.45, 7) is 2.62. The molecule has 0 atom stereocenters. The Morgan fingerprint density at radius 1 is 1.09 bits per heavy atom. The largest absolute Gasteiger partial charge is 0.352 e. The summed E-state index contributed by atoms with van der Waals surface area (Å²) in [6, 6.07) is 20.1. The molecule has 0 bridgehead atoms. The normalized spacial score (nSPS) is 11.2. The fourth-order valence-electron chi connectivity index (χ4n) is 3.58. The maximum atomic E-state index is 12.8. The van der Waals surface area contributed by atoms with Crippen LogP contribution in [-0.2, 0) is 17.1 Å². The van der Waals surface area contributed by atoms with Gasteiger partial charge < -0.3 is 9.88 Å². The Kier molecular flexibility index (Phi) is 6.34. The van der Waals surface area contributed by atoms with E-state index in [2.05, 4.69) is 15.0 Å². The zero-order valence-electron chi connectivity index (χ0n) is 18.7. The van der Waals surface area contributed by atoms with E-state index in [0.29, 0.717) is 29.1 Å². The summed E-state index contributed by atoms with van der Waals surface area (Å²) >= 11 is 0. The Hall–Kier alpha value is -4.16. The van der Waals surface area contributed by atoms with E-state index in [1.54, 1.807) is 36.4 Å². The quantitative estimate of drug-likeness (QED) is 0.420. The molecule has 34 heavy (non-hydrogen) atoms. The molecule has 4 rings (SSSR count). The lowest BCUT2D eigenvalue weighted by atomic mass is 10.1. The summed E-state index contributed by atoms with van der Waals surface area (Å²) in [5.74, 6) is 0.577. The predicted octanol–water partition coefficient (Wildman–Crippen LogP) is 4.05. The number of anilines is 1. The van der Waals surface area contributed by atoms with Crippen molar-refractivity contribution in [3.8, 4) is 17.5 Å². The Bertz CT molecular complexity index is 1520. The van der Waals surface area contributed by atoms with Crippen molar-refractivity contribution in [1.82, 2.24) is 14.9 Å². The van der Waals surface area contributed by atoms with E-state index in [4.69, 9.17) is 5.26 Å². The van der Waals surface area contributed by atoms with Gasteiger partial charge in [0.15, 0.2) is 0 Å². The van der Waals surface area contributed by atoms with E-state index in [1.807, 2.05) is 36.7 Å². The molecule has 1 aromatic heterocycles. The third-order valence-electron chi connectivity index (χ3n) is 5.35. The van der Waals surface area contributed by atoms with Gasteiger partial charge in [0.1, 0.15) is 5.82 Å². The molecule has 2 N–H and O–H groups in total. The topological polar surface area (TPSA) is 117 Å². The van der Waals surface area contributed by atoms with Crippen molar-refractivity contribution < 1.29 is 13.2 Å². The minimum atomic E-state index is -3.86. The van der Waals surface area contributed by atoms with Crippen LogP contribution in [0, 0.1) is 11.3 Å². The van der Waals surface area contributed by atoms with Crippen LogP contribution in [-0.4, -0.2) is 30.4 Å². The van der Waals surface area contributed by atoms with Crippen LogP contribution in [0.4, 0.5) is 5.69 Å². The number of carbonyl (C=O) groups is 1. The highest BCUT2D eigenvalue weighted by atomic mass is 32.2. The lowest BCUT2D eigenvalue weighted by Crippen LogP contribution is -2.23. The number of sulfonamides is 1. The van der Waals surface area contributed by atoms with Crippen LogP contribution in [0.25, 0.3) is 22.4 Å². The monoisotopic (exact) mass is 473 g/mol. The summed E-state index contributed by atoms with van der Waals surface area (Å²) < 4.78 is 30.0. The molecule has 0 aliphatic rings. The van der Waals surface area contributed by atoms with Crippen molar-refractivity contribution in [2.45, 2.75) is 18.2 Å². The van der Waals surface area contributed by atoms with Gasteiger partial charge in [-0.2, -0.15) is 5.26 Å². The van der Waals surface area contributed by atoms with Gasteiger partial charge in [0.05, 0.1) is 33.2 Å². The number of nitriles is 1. The Labute approximate surface area is 197 Å². The van der Waals surface area contributed by atoms with E-state index in [9.17, 15) is 13.2 Å². The number of carbonyl (C=O) groups excluding carboxylic acids is 1. The first kappa shape index (κ1) is 23.0. The summed E-state index contributed by atoms with van der Waals surface area (Å²) in [5.41, 5.74) is 3.49. The lowest BCUT2D eigenvalue weighted by Gasteiger charge is -2.08. The molecular formula is C25H23N5O3S. The maximum Gasteiger partial charge on any atom is 0.261 e. The van der Waals surface area contributed by atoms with E-state index in [1.165, 1.54) is 18.2 Å². The zero-order valence-corrected chi connectivity index (χ0v) is 19.6. The van der Waals surface area contributed by atoms with Crippen LogP contribution >= 0.6 is 0 Å². The molecule has 0 saturated carbocycles. The molecule has 4 aromatic rings. The highest BCUT2D eigenvalue weighted by Gasteiger charge is 2.17. The minimum Gasteiger partial charge on any atom is -0.352 e. The lowest BCUT2D eigenvalue weighted by molar-refractivity contribution is 0.0953. The highest BCUT2D eigenvalue weighted by molar-refractivity contribution is 7.92. The number of hydrogen-bond acceptors (Lipinski definition) is 5. The van der Waals surface area contributed by atoms with E-state index < -0.39 is 10.0 Å². The average Bonchev–Trinajstić information content (AvgIpc) is 3.18. The smallest absolute Gasteiger partial charge is 0.261 e. The fraction of sp³-hybridized carbons (Fsp3) is 0.160. The molecule has 8 nitrogen and oxygen atoms in total. The molecule has 0 aliphatic carbocycles. The van der Waals surface area contributed by atoms with E-state index in [0.717, 1.165) is 17.5 Å². The second-order valence-corrected chi connectivity index (χ2v) is 9.46. The number of imidazole rings is 1. The first-order chi connectivity index (χ1) is 16.3. The van der Waals surface area contributed by atoms with Crippen LogP contribution in [0.2, 0.25) is 0 Å². The van der Waals surface area contributed by atoms with Gasteiger partial charge in [-0.05, 0) is 55.0 Å². The van der Waals surface area contributed by atoms with Crippen molar-refractivity contribution >= 4 is 32.7 Å². The molecule has 0 unspecified atom stereocenters. The molecule has 0 fully saturated rings. The Morgan fingerprint density at radius 3 is 2.56 bits per heavy atom. The zero-order chi connectivity index (χ0) is 24.3. The third-order valence-corrected chi connectivity index (χ3v) is 6.73. The average molecular weight is 474 g/mol. The van der Waals surface area contributed by atoms with Crippen molar-refractivity contribution in [3.63, 3.8) is 0 Å². The third kappa shape index (κ3) is 4.63. The second-order valence-electron chi connectivity index (χ2n) is 7.78. The van der Waals surface area contributed by atoms with Crippen LogP contribution in [0.3, 0.4) is 0 Å². The van der Waals surface area contributed by atoms with Gasteiger partial charge in [-0.3, -0.25) is 9.52 Å². The van der Waals surface area contributed by atoms with Gasteiger partial charge in [-0.15, -0.1) is 0 Å². The number of nitrogens with one attached hydrogen (secondary N) is 2. The van der Waals surface area contributed by atoms with E-state index in [-0.39, 0.29) is 16.4 Å². The fourth-order valence-corrected chi connectivity index (χ4v) is 4.67. The first-order valence-corrected chi connectivity index (χ1v) is 12.2. The Morgan fingerprint density at radius 2 is 1.85 bits per heavy atom. The summed E-state index contributed by atoms with van der Waals surface area (Å²) in [5, 5.41) is 11.9. The second kappa shape index (κ2) is 9.37. The van der Waals surface area contributed by atoms with Gasteiger partial charge in [0.25, 0.3) is 15.9 Å². The van der Waals surface area contributed by atoms with Crippen molar-refractivity contribution in [2.24, 2.45) is 7.05 Å². The van der Waals surface area contributed by atoms with Crippen molar-refractivity contribution in [2.75, 3.05) is 11.3 Å². The number of fused-ring (bicyclic) bond motifs is 1. The molecule has 0 saturated heterocycles. The van der Waals surface area contributed by atoms with Crippen molar-refractivity contribution in [1.29, 1.82) is 5.26 Å². The van der Waals surface area contributed by atoms with Gasteiger partial charge in [-0.25, -0.2) is 13.4 Å². The van der Waals surface area contributed by atoms with Crippen LogP contribution in [0.15, 0.2) is 71.6 Å². The van der Waals surface area contributed by atoms with E-state index >= 15 is 0 Å². The number of hydrogen-bond donors (Lipinski definition) is 2. The molecule has 1 heterocycles. The maximum absolute atomic E-state index is 12.8. The number of benzene rings is 3. The van der Waals surface area contributed by atoms with Crippen molar-refractivity contribution in [3.05, 3.63) is 77.9 Å². The predicted molar refractivity (Wildman–Crippen MR) is 131 cm³/mol. The number of aryl methyl sites for hydroxylation is 1. The molecule has 3 aromatic carbocycles. The van der Waals surface area contributed by atoms with Gasteiger partial charge in [-0.1, -0.05) is 25.1 Å². The number of aromatic nitrogens is 2. The number of nitrogens with zero attached hydrogens (tertiary/aromatic N) is 3. The molecular weight excluding hydrogens is 450 g/mol. The molecule has 1 amide bonds. The van der Waals surface area contributed by atoms with Gasteiger partial charge in [0.2, 0.25) is 0 Å². The summed E-state index contributed by atoms with van der Waals surface area (Å²) in [4.78, 5) is 16.8. The van der Waals surface area contributed by atoms with Crippen LogP contribution in [0.1, 0.15) is 29.3 Å². The molecule has 0 radical (unpaired) electrons. The highest BCUT2D eigenvalue weighted by Crippen LogP contribution is 2.27. The minimum absolute atomic E-state index is 0.0106. The summed E-state index contributed by atoms with van der Waals surface area (Å²) in [6.07, 6.45) is 0.869. The van der Waals surface area contributed by atoms with Crippen LogP contribution < -0.4 is 10.0 Å². The van der Waals surface area contributed by atoms with Gasteiger partial charge >= 0.3 is 0 Å². The summed E-state index contributed by atoms with van der Waals surface area (Å²) in [7, 11) is -1.98. The van der Waals surface area contributed by atoms with Crippen LogP contribution in [0.5, 0.6) is 0 Å². The molecule has 0 aliphatic heterocycles. The Balaban J connectivity index is 1.61. The first-order valence-electron chi connectivity index (χ1n) is 10.7. The molecule has 172 valence electrons. The molecule has 0 spiro atoms. The molecule has 9 heteroatoms. The number of amides is 1. The van der Waals surface area contributed by atoms with Gasteiger partial charge in [0, 0.05) is 24.7 Å². The number of rotatable bonds is 7. The standard InChI is InChI=1S/C25H23N5O3S/c1-3-13-27-25(31)19-9-7-18(8-10-19)24-28-22-15-20(11-12-23(22)30(24)2)29-34(32,33)21-6-4-5-17(14-21)16-26/h4-12,14-15,29H,3,13H2,1-2H3,(H,27,31).